The number of ether oxygens (including phenoxy) is 1. The molecule has 5 heteroatoms. The zero-order valence-electron chi connectivity index (χ0n) is 14.2. The van der Waals surface area contributed by atoms with Crippen molar-refractivity contribution in [3.8, 4) is 16.9 Å². The number of aromatic nitrogens is 1. The molecule has 3 aromatic rings. The summed E-state index contributed by atoms with van der Waals surface area (Å²) in [7, 11) is 0. The van der Waals surface area contributed by atoms with Crippen LogP contribution in [0.2, 0.25) is 0 Å². The van der Waals surface area contributed by atoms with Gasteiger partial charge in [0.2, 0.25) is 0 Å². The SMILES string of the molecule is O=C(NCCNc1ccccc1)c1ccc2c(c1)OCc1cnccc1-2. The standard InChI is InChI=1S/C21H19N3O2/c25-21(24-11-10-23-17-4-2-1-3-5-17)15-6-7-19-18-8-9-22-13-16(18)14-26-20(19)12-15/h1-9,12-13,23H,10-11,14H2,(H,24,25). The number of carbonyl (C=O) groups is 1. The Labute approximate surface area is 152 Å². The van der Waals surface area contributed by atoms with Crippen LogP contribution in [0.5, 0.6) is 5.75 Å². The van der Waals surface area contributed by atoms with Crippen molar-refractivity contribution < 1.29 is 9.53 Å². The first-order chi connectivity index (χ1) is 12.8. The van der Waals surface area contributed by atoms with Gasteiger partial charge in [0.15, 0.2) is 0 Å². The van der Waals surface area contributed by atoms with E-state index in [0.717, 1.165) is 28.1 Å². The molecule has 1 amide bonds. The maximum atomic E-state index is 12.4. The number of para-hydroxylation sites is 1. The largest absolute Gasteiger partial charge is 0.488 e. The molecular formula is C21H19N3O2. The molecule has 0 atom stereocenters. The summed E-state index contributed by atoms with van der Waals surface area (Å²) in [4.78, 5) is 16.5. The fourth-order valence-electron chi connectivity index (χ4n) is 3.01. The first-order valence-electron chi connectivity index (χ1n) is 8.58. The van der Waals surface area contributed by atoms with Crippen molar-refractivity contribution in [2.45, 2.75) is 6.61 Å². The second-order valence-electron chi connectivity index (χ2n) is 6.08. The van der Waals surface area contributed by atoms with Gasteiger partial charge in [-0.25, -0.2) is 0 Å². The van der Waals surface area contributed by atoms with E-state index in [0.29, 0.717) is 25.3 Å². The van der Waals surface area contributed by atoms with E-state index in [1.807, 2.05) is 54.7 Å². The van der Waals surface area contributed by atoms with Gasteiger partial charge >= 0.3 is 0 Å². The minimum absolute atomic E-state index is 0.105. The van der Waals surface area contributed by atoms with Gasteiger partial charge in [-0.15, -0.1) is 0 Å². The number of anilines is 1. The molecule has 0 radical (unpaired) electrons. The van der Waals surface area contributed by atoms with Crippen molar-refractivity contribution >= 4 is 11.6 Å². The Kier molecular flexibility index (Phi) is 4.51. The van der Waals surface area contributed by atoms with Gasteiger partial charge in [0.05, 0.1) is 0 Å². The number of hydrogen-bond donors (Lipinski definition) is 2. The minimum atomic E-state index is -0.105. The summed E-state index contributed by atoms with van der Waals surface area (Å²) in [6.07, 6.45) is 3.59. The van der Waals surface area contributed by atoms with Crippen LogP contribution >= 0.6 is 0 Å². The lowest BCUT2D eigenvalue weighted by Gasteiger charge is -2.20. The molecule has 2 aromatic carbocycles. The molecule has 26 heavy (non-hydrogen) atoms. The van der Waals surface area contributed by atoms with E-state index in [9.17, 15) is 4.79 Å². The Bertz CT molecular complexity index is 926. The number of rotatable bonds is 5. The Morgan fingerprint density at radius 2 is 1.92 bits per heavy atom. The second kappa shape index (κ2) is 7.27. The van der Waals surface area contributed by atoms with E-state index in [1.54, 1.807) is 12.3 Å². The van der Waals surface area contributed by atoms with E-state index < -0.39 is 0 Å². The van der Waals surface area contributed by atoms with Crippen LogP contribution in [-0.4, -0.2) is 24.0 Å². The Hall–Kier alpha value is -3.34. The summed E-state index contributed by atoms with van der Waals surface area (Å²) in [5.74, 6) is 0.630. The number of carbonyl (C=O) groups excluding carboxylic acids is 1. The van der Waals surface area contributed by atoms with E-state index >= 15 is 0 Å². The van der Waals surface area contributed by atoms with Crippen LogP contribution in [0.3, 0.4) is 0 Å². The molecule has 0 saturated heterocycles. The summed E-state index contributed by atoms with van der Waals surface area (Å²) in [6, 6.07) is 17.5. The summed E-state index contributed by atoms with van der Waals surface area (Å²) < 4.78 is 5.79. The fraction of sp³-hybridized carbons (Fsp3) is 0.143. The van der Waals surface area contributed by atoms with E-state index in [4.69, 9.17) is 4.74 Å². The van der Waals surface area contributed by atoms with E-state index in [1.165, 1.54) is 0 Å². The number of nitrogens with one attached hydrogen (secondary N) is 2. The number of amides is 1. The number of benzene rings is 2. The first-order valence-corrected chi connectivity index (χ1v) is 8.58. The van der Waals surface area contributed by atoms with Gasteiger partial charge in [-0.1, -0.05) is 18.2 Å². The lowest BCUT2D eigenvalue weighted by Crippen LogP contribution is -2.28. The highest BCUT2D eigenvalue weighted by atomic mass is 16.5. The van der Waals surface area contributed by atoms with Crippen molar-refractivity contribution in [2.75, 3.05) is 18.4 Å². The highest BCUT2D eigenvalue weighted by Gasteiger charge is 2.18. The monoisotopic (exact) mass is 345 g/mol. The Morgan fingerprint density at radius 3 is 2.81 bits per heavy atom. The topological polar surface area (TPSA) is 63.2 Å². The fourth-order valence-corrected chi connectivity index (χ4v) is 3.01. The lowest BCUT2D eigenvalue weighted by atomic mass is 9.97. The highest BCUT2D eigenvalue weighted by Crippen LogP contribution is 2.37. The molecule has 0 spiro atoms. The third kappa shape index (κ3) is 3.37. The number of fused-ring (bicyclic) bond motifs is 3. The number of hydrogen-bond acceptors (Lipinski definition) is 4. The molecule has 130 valence electrons. The second-order valence-corrected chi connectivity index (χ2v) is 6.08. The van der Waals surface area contributed by atoms with Gasteiger partial charge in [-0.05, 0) is 42.0 Å². The van der Waals surface area contributed by atoms with Gasteiger partial charge in [-0.2, -0.15) is 0 Å². The van der Waals surface area contributed by atoms with Crippen LogP contribution in [-0.2, 0) is 6.61 Å². The van der Waals surface area contributed by atoms with Crippen molar-refractivity contribution in [2.24, 2.45) is 0 Å². The summed E-state index contributed by atoms with van der Waals surface area (Å²) >= 11 is 0. The molecular weight excluding hydrogens is 326 g/mol. The predicted molar refractivity (Wildman–Crippen MR) is 101 cm³/mol. The zero-order chi connectivity index (χ0) is 17.8. The molecule has 1 aromatic heterocycles. The minimum Gasteiger partial charge on any atom is -0.488 e. The maximum absolute atomic E-state index is 12.4. The van der Waals surface area contributed by atoms with Crippen LogP contribution < -0.4 is 15.4 Å². The van der Waals surface area contributed by atoms with E-state index in [-0.39, 0.29) is 5.91 Å². The quantitative estimate of drug-likeness (QED) is 0.695. The van der Waals surface area contributed by atoms with Gasteiger partial charge in [0.25, 0.3) is 5.91 Å². The molecule has 1 aliphatic heterocycles. The Balaban J connectivity index is 1.39. The average molecular weight is 345 g/mol. The highest BCUT2D eigenvalue weighted by molar-refractivity contribution is 5.95. The molecule has 2 N–H and O–H groups in total. The molecule has 0 aliphatic carbocycles. The first kappa shape index (κ1) is 16.1. The van der Waals surface area contributed by atoms with Crippen LogP contribution in [0.4, 0.5) is 5.69 Å². The molecule has 0 unspecified atom stereocenters. The van der Waals surface area contributed by atoms with Crippen molar-refractivity contribution in [3.05, 3.63) is 78.1 Å². The predicted octanol–water partition coefficient (Wildman–Crippen LogP) is 3.48. The van der Waals surface area contributed by atoms with Gasteiger partial charge in [-0.3, -0.25) is 9.78 Å². The third-order valence-corrected chi connectivity index (χ3v) is 4.33. The van der Waals surface area contributed by atoms with Crippen molar-refractivity contribution in [1.29, 1.82) is 0 Å². The molecule has 1 aliphatic rings. The number of pyridine rings is 1. The molecule has 0 bridgehead atoms. The Morgan fingerprint density at radius 1 is 1.04 bits per heavy atom. The van der Waals surface area contributed by atoms with Crippen LogP contribution in [0, 0.1) is 0 Å². The third-order valence-electron chi connectivity index (χ3n) is 4.33. The smallest absolute Gasteiger partial charge is 0.251 e. The van der Waals surface area contributed by atoms with Gasteiger partial charge < -0.3 is 15.4 Å². The average Bonchev–Trinajstić information content (AvgIpc) is 2.71. The molecule has 0 saturated carbocycles. The molecule has 0 fully saturated rings. The van der Waals surface area contributed by atoms with Crippen LogP contribution in [0.1, 0.15) is 15.9 Å². The van der Waals surface area contributed by atoms with Crippen molar-refractivity contribution in [3.63, 3.8) is 0 Å². The maximum Gasteiger partial charge on any atom is 0.251 e. The summed E-state index contributed by atoms with van der Waals surface area (Å²) in [5.41, 5.74) is 4.80. The van der Waals surface area contributed by atoms with Gasteiger partial charge in [0, 0.05) is 47.9 Å². The zero-order valence-corrected chi connectivity index (χ0v) is 14.2. The van der Waals surface area contributed by atoms with Gasteiger partial charge in [0.1, 0.15) is 12.4 Å². The molecule has 4 rings (SSSR count). The summed E-state index contributed by atoms with van der Waals surface area (Å²) in [5, 5.41) is 6.20. The normalized spacial score (nSPS) is 11.7. The van der Waals surface area contributed by atoms with Crippen molar-refractivity contribution in [1.82, 2.24) is 10.3 Å². The molecule has 5 nitrogen and oxygen atoms in total. The lowest BCUT2D eigenvalue weighted by molar-refractivity contribution is 0.0954. The molecule has 2 heterocycles. The van der Waals surface area contributed by atoms with Crippen LogP contribution in [0.15, 0.2) is 67.0 Å². The number of nitrogens with zero attached hydrogens (tertiary/aromatic N) is 1. The van der Waals surface area contributed by atoms with E-state index in [2.05, 4.69) is 15.6 Å². The van der Waals surface area contributed by atoms with Crippen LogP contribution in [0.25, 0.3) is 11.1 Å². The summed E-state index contributed by atoms with van der Waals surface area (Å²) in [6.45, 7) is 1.68.